The minimum absolute atomic E-state index is 0.709. The predicted octanol–water partition coefficient (Wildman–Crippen LogP) is 3.87. The van der Waals surface area contributed by atoms with E-state index in [1.807, 2.05) is 12.3 Å². The summed E-state index contributed by atoms with van der Waals surface area (Å²) in [5.41, 5.74) is 2.59. The first-order valence-corrected chi connectivity index (χ1v) is 7.45. The zero-order chi connectivity index (χ0) is 13.1. The molecule has 1 aromatic carbocycles. The summed E-state index contributed by atoms with van der Waals surface area (Å²) in [5.74, 6) is 0.709. The van der Waals surface area contributed by atoms with Crippen molar-refractivity contribution in [3.05, 3.63) is 42.1 Å². The molecule has 1 aliphatic carbocycles. The van der Waals surface area contributed by atoms with E-state index in [2.05, 4.69) is 41.5 Å². The Morgan fingerprint density at radius 1 is 1.26 bits per heavy atom. The van der Waals surface area contributed by atoms with Gasteiger partial charge in [0.05, 0.1) is 5.52 Å². The van der Waals surface area contributed by atoms with Crippen molar-refractivity contribution in [1.82, 2.24) is 10.3 Å². The van der Waals surface area contributed by atoms with Crippen molar-refractivity contribution in [2.75, 3.05) is 6.54 Å². The Morgan fingerprint density at radius 2 is 2.21 bits per heavy atom. The summed E-state index contributed by atoms with van der Waals surface area (Å²) in [6.07, 6.45) is 7.00. The Kier molecular flexibility index (Phi) is 3.79. The molecular weight excluding hydrogens is 232 g/mol. The average Bonchev–Trinajstić information content (AvgIpc) is 2.93. The fourth-order valence-corrected chi connectivity index (χ4v) is 3.16. The van der Waals surface area contributed by atoms with E-state index in [0.29, 0.717) is 12.0 Å². The van der Waals surface area contributed by atoms with Gasteiger partial charge in [0.15, 0.2) is 0 Å². The Balaban J connectivity index is 1.74. The van der Waals surface area contributed by atoms with Gasteiger partial charge in [-0.1, -0.05) is 25.1 Å². The quantitative estimate of drug-likeness (QED) is 0.896. The maximum absolute atomic E-state index is 4.47. The highest BCUT2D eigenvalue weighted by Gasteiger charge is 2.25. The Labute approximate surface area is 115 Å². The van der Waals surface area contributed by atoms with E-state index < -0.39 is 0 Å². The van der Waals surface area contributed by atoms with Crippen molar-refractivity contribution in [1.29, 1.82) is 0 Å². The molecule has 2 aromatic rings. The smallest absolute Gasteiger partial charge is 0.0704 e. The van der Waals surface area contributed by atoms with Crippen LogP contribution in [0.3, 0.4) is 0 Å². The van der Waals surface area contributed by atoms with Gasteiger partial charge in [0.2, 0.25) is 0 Å². The Bertz CT molecular complexity index is 550. The van der Waals surface area contributed by atoms with E-state index >= 15 is 0 Å². The molecule has 2 nitrogen and oxygen atoms in total. The molecule has 2 heteroatoms. The molecule has 0 aliphatic heterocycles. The molecule has 2 atom stereocenters. The molecule has 1 saturated carbocycles. The lowest BCUT2D eigenvalue weighted by molar-refractivity contribution is 0.517. The van der Waals surface area contributed by atoms with Crippen LogP contribution < -0.4 is 5.32 Å². The van der Waals surface area contributed by atoms with E-state index in [-0.39, 0.29) is 0 Å². The van der Waals surface area contributed by atoms with E-state index in [0.717, 1.165) is 12.1 Å². The molecule has 100 valence electrons. The number of pyridine rings is 1. The molecule has 0 radical (unpaired) electrons. The second kappa shape index (κ2) is 5.70. The maximum Gasteiger partial charge on any atom is 0.0704 e. The number of aromatic nitrogens is 1. The van der Waals surface area contributed by atoms with Gasteiger partial charge in [-0.3, -0.25) is 4.98 Å². The number of benzene rings is 1. The van der Waals surface area contributed by atoms with Gasteiger partial charge in [-0.05, 0) is 55.8 Å². The molecule has 0 spiro atoms. The summed E-state index contributed by atoms with van der Waals surface area (Å²) in [7, 11) is 0. The summed E-state index contributed by atoms with van der Waals surface area (Å²) < 4.78 is 0. The van der Waals surface area contributed by atoms with Crippen LogP contribution >= 0.6 is 0 Å². The molecule has 0 saturated heterocycles. The van der Waals surface area contributed by atoms with Gasteiger partial charge < -0.3 is 5.32 Å². The van der Waals surface area contributed by atoms with Gasteiger partial charge >= 0.3 is 0 Å². The molecule has 1 N–H and O–H groups in total. The first-order valence-electron chi connectivity index (χ1n) is 7.45. The number of hydrogen-bond donors (Lipinski definition) is 1. The highest BCUT2D eigenvalue weighted by atomic mass is 14.9. The molecule has 0 bridgehead atoms. The average molecular weight is 254 g/mol. The SMILES string of the molecule is CCCNC1CCC(c2ccc3cccnc3c2)C1. The Morgan fingerprint density at radius 3 is 3.11 bits per heavy atom. The summed E-state index contributed by atoms with van der Waals surface area (Å²) >= 11 is 0. The number of nitrogens with zero attached hydrogens (tertiary/aromatic N) is 1. The van der Waals surface area contributed by atoms with Crippen LogP contribution in [0.5, 0.6) is 0 Å². The van der Waals surface area contributed by atoms with Crippen molar-refractivity contribution in [3.63, 3.8) is 0 Å². The summed E-state index contributed by atoms with van der Waals surface area (Å²) in [5, 5.41) is 4.89. The Hall–Kier alpha value is -1.41. The number of nitrogens with one attached hydrogen (secondary N) is 1. The minimum Gasteiger partial charge on any atom is -0.314 e. The number of rotatable bonds is 4. The normalized spacial score (nSPS) is 23.0. The van der Waals surface area contributed by atoms with E-state index in [1.165, 1.54) is 36.6 Å². The third kappa shape index (κ3) is 2.79. The van der Waals surface area contributed by atoms with Crippen LogP contribution in [-0.4, -0.2) is 17.6 Å². The molecular formula is C17H22N2. The van der Waals surface area contributed by atoms with Crippen molar-refractivity contribution in [2.45, 2.75) is 44.6 Å². The van der Waals surface area contributed by atoms with Crippen LogP contribution in [0.25, 0.3) is 10.9 Å². The third-order valence-corrected chi connectivity index (χ3v) is 4.22. The highest BCUT2D eigenvalue weighted by molar-refractivity contribution is 5.79. The van der Waals surface area contributed by atoms with Gasteiger partial charge in [0.25, 0.3) is 0 Å². The molecule has 1 fully saturated rings. The number of hydrogen-bond acceptors (Lipinski definition) is 2. The van der Waals surface area contributed by atoms with Crippen molar-refractivity contribution in [3.8, 4) is 0 Å². The van der Waals surface area contributed by atoms with Crippen LogP contribution in [0.4, 0.5) is 0 Å². The minimum atomic E-state index is 0.709. The van der Waals surface area contributed by atoms with E-state index in [9.17, 15) is 0 Å². The van der Waals surface area contributed by atoms with E-state index in [4.69, 9.17) is 0 Å². The first kappa shape index (κ1) is 12.6. The van der Waals surface area contributed by atoms with Crippen LogP contribution in [0.1, 0.15) is 44.1 Å². The lowest BCUT2D eigenvalue weighted by Crippen LogP contribution is -2.26. The molecule has 1 heterocycles. The van der Waals surface area contributed by atoms with E-state index in [1.54, 1.807) is 0 Å². The zero-order valence-electron chi connectivity index (χ0n) is 11.6. The standard InChI is InChI=1S/C17H22N2/c1-2-9-18-16-8-7-14(11-16)15-6-5-13-4-3-10-19-17(13)12-15/h3-6,10,12,14,16,18H,2,7-9,11H2,1H3. The van der Waals surface area contributed by atoms with Gasteiger partial charge in [0.1, 0.15) is 0 Å². The van der Waals surface area contributed by atoms with Crippen LogP contribution in [0.2, 0.25) is 0 Å². The molecule has 0 amide bonds. The lowest BCUT2D eigenvalue weighted by Gasteiger charge is -2.13. The molecule has 1 aliphatic rings. The fraction of sp³-hybridized carbons (Fsp3) is 0.471. The van der Waals surface area contributed by atoms with Crippen molar-refractivity contribution < 1.29 is 0 Å². The largest absolute Gasteiger partial charge is 0.314 e. The van der Waals surface area contributed by atoms with Gasteiger partial charge in [-0.15, -0.1) is 0 Å². The zero-order valence-corrected chi connectivity index (χ0v) is 11.6. The molecule has 19 heavy (non-hydrogen) atoms. The second-order valence-electron chi connectivity index (χ2n) is 5.62. The first-order chi connectivity index (χ1) is 9.36. The van der Waals surface area contributed by atoms with Gasteiger partial charge in [-0.25, -0.2) is 0 Å². The highest BCUT2D eigenvalue weighted by Crippen LogP contribution is 2.35. The molecule has 2 unspecified atom stereocenters. The van der Waals surface area contributed by atoms with Gasteiger partial charge in [-0.2, -0.15) is 0 Å². The topological polar surface area (TPSA) is 24.9 Å². The second-order valence-corrected chi connectivity index (χ2v) is 5.62. The molecule has 3 rings (SSSR count). The fourth-order valence-electron chi connectivity index (χ4n) is 3.16. The predicted molar refractivity (Wildman–Crippen MR) is 80.4 cm³/mol. The van der Waals surface area contributed by atoms with Gasteiger partial charge in [0, 0.05) is 17.6 Å². The summed E-state index contributed by atoms with van der Waals surface area (Å²) in [6.45, 7) is 3.38. The lowest BCUT2D eigenvalue weighted by atomic mass is 9.96. The van der Waals surface area contributed by atoms with Crippen LogP contribution in [-0.2, 0) is 0 Å². The van der Waals surface area contributed by atoms with Crippen LogP contribution in [0.15, 0.2) is 36.5 Å². The summed E-state index contributed by atoms with van der Waals surface area (Å²) in [4.78, 5) is 4.47. The summed E-state index contributed by atoms with van der Waals surface area (Å²) in [6, 6.07) is 11.6. The third-order valence-electron chi connectivity index (χ3n) is 4.22. The van der Waals surface area contributed by atoms with Crippen molar-refractivity contribution in [2.24, 2.45) is 0 Å². The maximum atomic E-state index is 4.47. The van der Waals surface area contributed by atoms with Crippen molar-refractivity contribution >= 4 is 10.9 Å². The monoisotopic (exact) mass is 254 g/mol. The number of fused-ring (bicyclic) bond motifs is 1. The molecule has 1 aromatic heterocycles. The van der Waals surface area contributed by atoms with Crippen LogP contribution in [0, 0.1) is 0 Å².